The lowest BCUT2D eigenvalue weighted by atomic mass is 10.1. The zero-order valence-electron chi connectivity index (χ0n) is 13.4. The molecule has 0 saturated carbocycles. The molecule has 0 aliphatic rings. The average Bonchev–Trinajstić information content (AvgIpc) is 2.97. The van der Waals surface area contributed by atoms with Crippen molar-refractivity contribution in [1.82, 2.24) is 15.1 Å². The van der Waals surface area contributed by atoms with Gasteiger partial charge < -0.3 is 15.0 Å². The Morgan fingerprint density at radius 3 is 2.62 bits per heavy atom. The summed E-state index contributed by atoms with van der Waals surface area (Å²) < 4.78 is 5.12. The Morgan fingerprint density at radius 2 is 2.05 bits per heavy atom. The highest BCUT2D eigenvalue weighted by Gasteiger charge is 2.25. The van der Waals surface area contributed by atoms with Gasteiger partial charge in [-0.3, -0.25) is 4.79 Å². The van der Waals surface area contributed by atoms with Gasteiger partial charge in [0.05, 0.1) is 6.61 Å². The molecule has 6 nitrogen and oxygen atoms in total. The van der Waals surface area contributed by atoms with E-state index < -0.39 is 0 Å². The molecule has 1 aromatic heterocycles. The standard InChI is InChI=1S/C14H26N4O2S/c1-5-8-15-14-17-16-12(21-14)13(19)18(9-10-20-4)11(6-2)7-3/h11H,5-10H2,1-4H3,(H,15,17). The Hall–Kier alpha value is -1.21. The van der Waals surface area contributed by atoms with Crippen LogP contribution in [0.5, 0.6) is 0 Å². The topological polar surface area (TPSA) is 67.4 Å². The molecular formula is C14H26N4O2S. The summed E-state index contributed by atoms with van der Waals surface area (Å²) >= 11 is 1.32. The van der Waals surface area contributed by atoms with Crippen LogP contribution in [0.15, 0.2) is 0 Å². The number of nitrogens with zero attached hydrogens (tertiary/aromatic N) is 3. The molecule has 120 valence electrons. The fourth-order valence-corrected chi connectivity index (χ4v) is 2.83. The van der Waals surface area contributed by atoms with Crippen molar-refractivity contribution in [3.05, 3.63) is 5.01 Å². The second-order valence-corrected chi connectivity index (χ2v) is 5.78. The van der Waals surface area contributed by atoms with Crippen LogP contribution in [0.2, 0.25) is 0 Å². The smallest absolute Gasteiger partial charge is 0.285 e. The van der Waals surface area contributed by atoms with Crippen LogP contribution in [-0.4, -0.2) is 53.9 Å². The molecule has 0 unspecified atom stereocenters. The van der Waals surface area contributed by atoms with Gasteiger partial charge in [-0.05, 0) is 19.3 Å². The van der Waals surface area contributed by atoms with Crippen LogP contribution < -0.4 is 5.32 Å². The Labute approximate surface area is 130 Å². The average molecular weight is 314 g/mol. The number of nitrogens with one attached hydrogen (secondary N) is 1. The Balaban J connectivity index is 2.80. The summed E-state index contributed by atoms with van der Waals surface area (Å²) in [5.74, 6) is -0.0530. The summed E-state index contributed by atoms with van der Waals surface area (Å²) in [6.45, 7) is 8.22. The van der Waals surface area contributed by atoms with Crippen LogP contribution in [0.4, 0.5) is 5.13 Å². The summed E-state index contributed by atoms with van der Waals surface area (Å²) in [4.78, 5) is 14.5. The minimum absolute atomic E-state index is 0.0530. The molecule has 1 heterocycles. The Morgan fingerprint density at radius 1 is 1.33 bits per heavy atom. The fourth-order valence-electron chi connectivity index (χ4n) is 2.10. The number of amides is 1. The number of rotatable bonds is 10. The zero-order valence-corrected chi connectivity index (χ0v) is 14.2. The maximum absolute atomic E-state index is 12.6. The minimum atomic E-state index is -0.0530. The van der Waals surface area contributed by atoms with Gasteiger partial charge >= 0.3 is 0 Å². The lowest BCUT2D eigenvalue weighted by Crippen LogP contribution is -2.41. The number of aromatic nitrogens is 2. The van der Waals surface area contributed by atoms with E-state index in [0.29, 0.717) is 23.3 Å². The summed E-state index contributed by atoms with van der Waals surface area (Å²) in [7, 11) is 1.65. The highest BCUT2D eigenvalue weighted by atomic mass is 32.1. The van der Waals surface area contributed by atoms with Gasteiger partial charge in [-0.1, -0.05) is 32.1 Å². The van der Waals surface area contributed by atoms with Gasteiger partial charge in [0, 0.05) is 26.2 Å². The van der Waals surface area contributed by atoms with Gasteiger partial charge in [0.25, 0.3) is 5.91 Å². The maximum atomic E-state index is 12.6. The first kappa shape index (κ1) is 17.8. The first-order valence-electron chi connectivity index (χ1n) is 7.55. The van der Waals surface area contributed by atoms with E-state index in [0.717, 1.165) is 25.8 Å². The predicted molar refractivity (Wildman–Crippen MR) is 86.0 cm³/mol. The van der Waals surface area contributed by atoms with Crippen LogP contribution >= 0.6 is 11.3 Å². The van der Waals surface area contributed by atoms with Crippen molar-refractivity contribution in [3.8, 4) is 0 Å². The SMILES string of the molecule is CCCNc1nnc(C(=O)N(CCOC)C(CC)CC)s1. The highest BCUT2D eigenvalue weighted by molar-refractivity contribution is 7.17. The van der Waals surface area contributed by atoms with E-state index >= 15 is 0 Å². The van der Waals surface area contributed by atoms with Crippen molar-refractivity contribution in [3.63, 3.8) is 0 Å². The van der Waals surface area contributed by atoms with Crippen molar-refractivity contribution >= 4 is 22.4 Å². The van der Waals surface area contributed by atoms with Gasteiger partial charge in [0.2, 0.25) is 10.1 Å². The number of carbonyl (C=O) groups excluding carboxylic acids is 1. The quantitative estimate of drug-likeness (QED) is 0.719. The monoisotopic (exact) mass is 314 g/mol. The number of hydrogen-bond donors (Lipinski definition) is 1. The largest absolute Gasteiger partial charge is 0.383 e. The summed E-state index contributed by atoms with van der Waals surface area (Å²) in [6, 6.07) is 0.212. The van der Waals surface area contributed by atoms with Crippen molar-refractivity contribution in [2.75, 3.05) is 32.1 Å². The maximum Gasteiger partial charge on any atom is 0.285 e. The van der Waals surface area contributed by atoms with E-state index in [1.807, 2.05) is 4.90 Å². The third-order valence-corrected chi connectivity index (χ3v) is 4.18. The highest BCUT2D eigenvalue weighted by Crippen LogP contribution is 2.19. The molecule has 1 amide bonds. The molecule has 0 spiro atoms. The fraction of sp³-hybridized carbons (Fsp3) is 0.786. The third-order valence-electron chi connectivity index (χ3n) is 3.31. The van der Waals surface area contributed by atoms with E-state index in [9.17, 15) is 4.79 Å². The Kier molecular flexibility index (Phi) is 8.22. The van der Waals surface area contributed by atoms with Crippen LogP contribution in [0.3, 0.4) is 0 Å². The van der Waals surface area contributed by atoms with Crippen molar-refractivity contribution < 1.29 is 9.53 Å². The Bertz CT molecular complexity index is 421. The second kappa shape index (κ2) is 9.68. The number of carbonyl (C=O) groups is 1. The molecule has 1 rings (SSSR count). The molecule has 0 bridgehead atoms. The summed E-state index contributed by atoms with van der Waals surface area (Å²) in [6.07, 6.45) is 2.86. The van der Waals surface area contributed by atoms with E-state index in [1.54, 1.807) is 7.11 Å². The molecule has 0 saturated heterocycles. The molecule has 0 aliphatic carbocycles. The van der Waals surface area contributed by atoms with Crippen molar-refractivity contribution in [2.24, 2.45) is 0 Å². The molecule has 1 aromatic rings. The summed E-state index contributed by atoms with van der Waals surface area (Å²) in [5.41, 5.74) is 0. The van der Waals surface area contributed by atoms with Crippen LogP contribution in [0.25, 0.3) is 0 Å². The molecule has 0 aliphatic heterocycles. The molecule has 0 radical (unpaired) electrons. The van der Waals surface area contributed by atoms with Gasteiger partial charge in [0.1, 0.15) is 0 Å². The van der Waals surface area contributed by atoms with E-state index in [1.165, 1.54) is 11.3 Å². The number of methoxy groups -OCH3 is 1. The molecule has 7 heteroatoms. The minimum Gasteiger partial charge on any atom is -0.383 e. The number of hydrogen-bond acceptors (Lipinski definition) is 6. The molecule has 1 N–H and O–H groups in total. The first-order valence-corrected chi connectivity index (χ1v) is 8.36. The second-order valence-electron chi connectivity index (χ2n) is 4.80. The van der Waals surface area contributed by atoms with Gasteiger partial charge in [-0.15, -0.1) is 10.2 Å². The number of ether oxygens (including phenoxy) is 1. The zero-order chi connectivity index (χ0) is 15.7. The van der Waals surface area contributed by atoms with Crippen LogP contribution in [0.1, 0.15) is 49.8 Å². The van der Waals surface area contributed by atoms with E-state index in [4.69, 9.17) is 4.74 Å². The third kappa shape index (κ3) is 5.24. The van der Waals surface area contributed by atoms with Gasteiger partial charge in [-0.25, -0.2) is 0 Å². The summed E-state index contributed by atoms with van der Waals surface area (Å²) in [5, 5.41) is 12.4. The molecular weight excluding hydrogens is 288 g/mol. The van der Waals surface area contributed by atoms with Gasteiger partial charge in [0.15, 0.2) is 0 Å². The molecule has 0 atom stereocenters. The van der Waals surface area contributed by atoms with Crippen LogP contribution in [0, 0.1) is 0 Å². The van der Waals surface area contributed by atoms with E-state index in [-0.39, 0.29) is 11.9 Å². The van der Waals surface area contributed by atoms with Crippen LogP contribution in [-0.2, 0) is 4.74 Å². The number of anilines is 1. The molecule has 0 aromatic carbocycles. The van der Waals surface area contributed by atoms with Crippen molar-refractivity contribution in [2.45, 2.75) is 46.1 Å². The predicted octanol–water partition coefficient (Wildman–Crippen LogP) is 2.64. The van der Waals surface area contributed by atoms with Gasteiger partial charge in [-0.2, -0.15) is 0 Å². The molecule has 0 fully saturated rings. The van der Waals surface area contributed by atoms with Crippen molar-refractivity contribution in [1.29, 1.82) is 0 Å². The lowest BCUT2D eigenvalue weighted by Gasteiger charge is -2.29. The first-order chi connectivity index (χ1) is 10.2. The van der Waals surface area contributed by atoms with E-state index in [2.05, 4.69) is 36.3 Å². The molecule has 21 heavy (non-hydrogen) atoms. The lowest BCUT2D eigenvalue weighted by molar-refractivity contribution is 0.0588. The normalized spacial score (nSPS) is 10.9.